The third-order valence-corrected chi connectivity index (χ3v) is 5.72. The lowest BCUT2D eigenvalue weighted by Gasteiger charge is -2.29. The Hall–Kier alpha value is -2.28. The molecule has 2 aromatic rings. The number of carbonyl (C=O) groups is 1. The smallest absolute Gasteiger partial charge is 0.338 e. The van der Waals surface area contributed by atoms with Gasteiger partial charge >= 0.3 is 5.76 Å². The molecule has 1 aliphatic heterocycles. The fraction of sp³-hybridized carbons (Fsp3) is 0.278. The molecule has 3 rings (SSSR count). The molecule has 0 aromatic heterocycles. The zero-order chi connectivity index (χ0) is 18.0. The minimum absolute atomic E-state index is 0.0704. The van der Waals surface area contributed by atoms with Crippen LogP contribution in [0.5, 0.6) is 0 Å². The highest BCUT2D eigenvalue weighted by Crippen LogP contribution is 2.21. The summed E-state index contributed by atoms with van der Waals surface area (Å²) in [6.07, 6.45) is 0.907. The molecule has 25 heavy (non-hydrogen) atoms. The van der Waals surface area contributed by atoms with Gasteiger partial charge in [0.05, 0.1) is 11.3 Å². The molecule has 4 nitrogen and oxygen atoms in total. The van der Waals surface area contributed by atoms with Gasteiger partial charge in [-0.25, -0.2) is 8.42 Å². The lowest BCUT2D eigenvalue weighted by molar-refractivity contribution is -0.131. The molecule has 0 saturated carbocycles. The van der Waals surface area contributed by atoms with Crippen LogP contribution in [0.3, 0.4) is 0 Å². The Bertz CT molecular complexity index is 879. The van der Waals surface area contributed by atoms with E-state index in [1.807, 2.05) is 18.2 Å². The molecule has 2 aromatic carbocycles. The summed E-state index contributed by atoms with van der Waals surface area (Å²) in [5.74, 6) is -3.52. The average Bonchev–Trinajstić information content (AvgIpc) is 2.61. The molecule has 7 heteroatoms. The molecule has 0 saturated heterocycles. The number of hydrogen-bond donors (Lipinski definition) is 0. The third-order valence-electron chi connectivity index (χ3n) is 4.33. The van der Waals surface area contributed by atoms with Crippen molar-refractivity contribution in [1.82, 2.24) is 4.90 Å². The molecule has 0 aliphatic carbocycles. The second kappa shape index (κ2) is 6.92. The van der Waals surface area contributed by atoms with Crippen molar-refractivity contribution in [1.29, 1.82) is 0 Å². The second-order valence-electron chi connectivity index (χ2n) is 5.96. The van der Waals surface area contributed by atoms with Crippen LogP contribution in [0.1, 0.15) is 16.7 Å². The fourth-order valence-corrected chi connectivity index (χ4v) is 3.62. The summed E-state index contributed by atoms with van der Waals surface area (Å²) in [5.41, 5.74) is 2.96. The number of carbonyl (C=O) groups excluding carboxylic acids is 1. The van der Waals surface area contributed by atoms with Gasteiger partial charge in [0.25, 0.3) is 0 Å². The monoisotopic (exact) mass is 365 g/mol. The number of nitrogens with zero attached hydrogens (tertiary/aromatic N) is 1. The van der Waals surface area contributed by atoms with Crippen molar-refractivity contribution >= 4 is 15.7 Å². The second-order valence-corrected chi connectivity index (χ2v) is 7.88. The zero-order valence-electron chi connectivity index (χ0n) is 13.4. The van der Waals surface area contributed by atoms with E-state index < -0.39 is 20.5 Å². The van der Waals surface area contributed by atoms with E-state index in [-0.39, 0.29) is 12.3 Å². The number of amides is 1. The van der Waals surface area contributed by atoms with Crippen molar-refractivity contribution in [2.24, 2.45) is 0 Å². The van der Waals surface area contributed by atoms with E-state index in [1.54, 1.807) is 4.90 Å². The molecule has 0 N–H and O–H groups in total. The Labute approximate surface area is 145 Å². The number of benzene rings is 2. The maximum Gasteiger partial charge on any atom is 0.341 e. The molecule has 0 radical (unpaired) electrons. The van der Waals surface area contributed by atoms with Crippen LogP contribution in [0.4, 0.5) is 8.78 Å². The summed E-state index contributed by atoms with van der Waals surface area (Å²) in [6, 6.07) is 13.0. The quantitative estimate of drug-likeness (QED) is 0.837. The molecule has 1 amide bonds. The molecule has 1 heterocycles. The van der Waals surface area contributed by atoms with E-state index in [0.717, 1.165) is 24.1 Å². The molecule has 132 valence electrons. The Balaban J connectivity index is 1.68. The van der Waals surface area contributed by atoms with Crippen LogP contribution in [0.25, 0.3) is 0 Å². The predicted octanol–water partition coefficient (Wildman–Crippen LogP) is 2.81. The number of hydrogen-bond acceptors (Lipinski definition) is 3. The van der Waals surface area contributed by atoms with Gasteiger partial charge in [-0.05, 0) is 35.2 Å². The Morgan fingerprint density at radius 2 is 1.68 bits per heavy atom. The van der Waals surface area contributed by atoms with Crippen molar-refractivity contribution in [2.75, 3.05) is 6.54 Å². The maximum atomic E-state index is 12.5. The van der Waals surface area contributed by atoms with E-state index in [1.165, 1.54) is 17.7 Å². The van der Waals surface area contributed by atoms with Gasteiger partial charge in [0.1, 0.15) is 0 Å². The highest BCUT2D eigenvalue weighted by Gasteiger charge is 2.26. The number of alkyl halides is 2. The molecule has 0 atom stereocenters. The van der Waals surface area contributed by atoms with Crippen molar-refractivity contribution in [3.05, 3.63) is 65.2 Å². The summed E-state index contributed by atoms with van der Waals surface area (Å²) in [6.45, 7) is 1.18. The van der Waals surface area contributed by atoms with Crippen molar-refractivity contribution in [2.45, 2.75) is 30.0 Å². The van der Waals surface area contributed by atoms with E-state index in [0.29, 0.717) is 18.7 Å². The maximum absolute atomic E-state index is 12.5. The average molecular weight is 365 g/mol. The first-order chi connectivity index (χ1) is 11.9. The first-order valence-electron chi connectivity index (χ1n) is 7.83. The largest absolute Gasteiger partial charge is 0.341 e. The minimum Gasteiger partial charge on any atom is -0.338 e. The zero-order valence-corrected chi connectivity index (χ0v) is 14.2. The minimum atomic E-state index is -4.60. The molecule has 1 aliphatic rings. The third kappa shape index (κ3) is 3.71. The summed E-state index contributed by atoms with van der Waals surface area (Å²) in [4.78, 5) is 13.8. The van der Waals surface area contributed by atoms with Gasteiger partial charge < -0.3 is 4.90 Å². The number of sulfone groups is 1. The number of halogens is 2. The van der Waals surface area contributed by atoms with Crippen LogP contribution >= 0.6 is 0 Å². The number of rotatable bonds is 4. The lowest BCUT2D eigenvalue weighted by atomic mass is 9.99. The highest BCUT2D eigenvalue weighted by atomic mass is 32.2. The lowest BCUT2D eigenvalue weighted by Crippen LogP contribution is -2.36. The normalized spacial score (nSPS) is 14.4. The van der Waals surface area contributed by atoms with E-state index in [2.05, 4.69) is 6.07 Å². The van der Waals surface area contributed by atoms with E-state index >= 15 is 0 Å². The van der Waals surface area contributed by atoms with Crippen LogP contribution < -0.4 is 0 Å². The van der Waals surface area contributed by atoms with Gasteiger partial charge in [-0.15, -0.1) is 0 Å². The topological polar surface area (TPSA) is 54.5 Å². The predicted molar refractivity (Wildman–Crippen MR) is 88.9 cm³/mol. The van der Waals surface area contributed by atoms with Gasteiger partial charge in [-0.3, -0.25) is 4.79 Å². The van der Waals surface area contributed by atoms with Crippen molar-refractivity contribution in [3.8, 4) is 0 Å². The summed E-state index contributed by atoms with van der Waals surface area (Å²) >= 11 is 0. The molecule has 0 unspecified atom stereocenters. The Kier molecular flexibility index (Phi) is 4.85. The molecule has 0 spiro atoms. The first kappa shape index (κ1) is 17.5. The van der Waals surface area contributed by atoms with Gasteiger partial charge in [0.2, 0.25) is 15.7 Å². The summed E-state index contributed by atoms with van der Waals surface area (Å²) < 4.78 is 47.9. The van der Waals surface area contributed by atoms with Crippen LogP contribution in [0, 0.1) is 0 Å². The standard InChI is InChI=1S/C18H17F2NO3S/c19-18(20)25(23,24)16-7-5-13(6-8-16)11-17(22)21-10-9-14-3-1-2-4-15(14)12-21/h1-8,18H,9-12H2. The Morgan fingerprint density at radius 3 is 2.32 bits per heavy atom. The summed E-state index contributed by atoms with van der Waals surface area (Å²) in [5, 5.41) is 0. The van der Waals surface area contributed by atoms with Crippen molar-refractivity contribution < 1.29 is 22.0 Å². The van der Waals surface area contributed by atoms with Gasteiger partial charge in [0, 0.05) is 13.1 Å². The van der Waals surface area contributed by atoms with Crippen LogP contribution in [-0.4, -0.2) is 31.5 Å². The highest BCUT2D eigenvalue weighted by molar-refractivity contribution is 7.91. The SMILES string of the molecule is O=C(Cc1ccc(S(=O)(=O)C(F)F)cc1)N1CCc2ccccc2C1. The first-order valence-corrected chi connectivity index (χ1v) is 9.38. The van der Waals surface area contributed by atoms with Crippen molar-refractivity contribution in [3.63, 3.8) is 0 Å². The molecular weight excluding hydrogens is 348 g/mol. The van der Waals surface area contributed by atoms with E-state index in [4.69, 9.17) is 0 Å². The number of fused-ring (bicyclic) bond motifs is 1. The fourth-order valence-electron chi connectivity index (χ4n) is 2.89. The van der Waals surface area contributed by atoms with Gasteiger partial charge in [-0.2, -0.15) is 8.78 Å². The Morgan fingerprint density at radius 1 is 1.04 bits per heavy atom. The molecular formula is C18H17F2NO3S. The summed E-state index contributed by atoms with van der Waals surface area (Å²) in [7, 11) is -4.60. The van der Waals surface area contributed by atoms with Gasteiger partial charge in [-0.1, -0.05) is 36.4 Å². The van der Waals surface area contributed by atoms with Crippen LogP contribution in [0.2, 0.25) is 0 Å². The molecule has 0 fully saturated rings. The molecule has 0 bridgehead atoms. The van der Waals surface area contributed by atoms with Crippen LogP contribution in [-0.2, 0) is 34.0 Å². The van der Waals surface area contributed by atoms with Crippen LogP contribution in [0.15, 0.2) is 53.4 Å². The van der Waals surface area contributed by atoms with Gasteiger partial charge in [0.15, 0.2) is 0 Å². The van der Waals surface area contributed by atoms with E-state index in [9.17, 15) is 22.0 Å².